The Morgan fingerprint density at radius 1 is 1.37 bits per heavy atom. The number of ether oxygens (including phenoxy) is 1. The largest absolute Gasteiger partial charge is 0.496 e. The molecule has 0 aliphatic rings. The van der Waals surface area contributed by atoms with Crippen molar-refractivity contribution in [2.24, 2.45) is 0 Å². The summed E-state index contributed by atoms with van der Waals surface area (Å²) in [6, 6.07) is 6.26. The van der Waals surface area contributed by atoms with Gasteiger partial charge in [0.15, 0.2) is 0 Å². The number of aromatic carboxylic acids is 1. The maximum Gasteiger partial charge on any atom is 0.336 e. The van der Waals surface area contributed by atoms with Gasteiger partial charge in [-0.2, -0.15) is 0 Å². The number of halogens is 1. The van der Waals surface area contributed by atoms with Gasteiger partial charge in [-0.3, -0.25) is 0 Å². The van der Waals surface area contributed by atoms with Crippen LogP contribution in [0.15, 0.2) is 30.5 Å². The molecule has 1 heterocycles. The fraction of sp³-hybridized carbons (Fsp3) is 0.0769. The van der Waals surface area contributed by atoms with Gasteiger partial charge in [0.2, 0.25) is 0 Å². The molecule has 0 fully saturated rings. The van der Waals surface area contributed by atoms with Gasteiger partial charge in [0, 0.05) is 22.3 Å². The molecule has 98 valence electrons. The number of nitrogens with two attached hydrogens (primary N) is 1. The first-order valence-corrected chi connectivity index (χ1v) is 5.73. The van der Waals surface area contributed by atoms with Crippen molar-refractivity contribution in [2.75, 3.05) is 12.8 Å². The van der Waals surface area contributed by atoms with Crippen LogP contribution in [0.1, 0.15) is 10.4 Å². The van der Waals surface area contributed by atoms with E-state index in [0.717, 1.165) is 0 Å². The lowest BCUT2D eigenvalue weighted by molar-refractivity contribution is 0.0697. The molecule has 0 saturated carbocycles. The molecule has 5 nitrogen and oxygen atoms in total. The molecule has 1 aromatic carbocycles. The number of rotatable bonds is 3. The van der Waals surface area contributed by atoms with Gasteiger partial charge in [-0.25, -0.2) is 9.78 Å². The number of anilines is 1. The van der Waals surface area contributed by atoms with Gasteiger partial charge < -0.3 is 15.6 Å². The second-order valence-electron chi connectivity index (χ2n) is 3.80. The van der Waals surface area contributed by atoms with E-state index in [2.05, 4.69) is 4.98 Å². The second kappa shape index (κ2) is 5.16. The number of carboxylic acids is 1. The Balaban J connectivity index is 2.68. The number of hydrogen-bond donors (Lipinski definition) is 2. The molecule has 2 aromatic rings. The van der Waals surface area contributed by atoms with E-state index in [0.29, 0.717) is 21.9 Å². The lowest BCUT2D eigenvalue weighted by Gasteiger charge is -2.11. The van der Waals surface area contributed by atoms with E-state index in [9.17, 15) is 9.90 Å². The first-order valence-electron chi connectivity index (χ1n) is 5.35. The molecular weight excluding hydrogens is 268 g/mol. The summed E-state index contributed by atoms with van der Waals surface area (Å²) in [5.41, 5.74) is 6.59. The molecule has 19 heavy (non-hydrogen) atoms. The summed E-state index contributed by atoms with van der Waals surface area (Å²) in [7, 11) is 1.49. The Morgan fingerprint density at radius 2 is 2.11 bits per heavy atom. The van der Waals surface area contributed by atoms with Crippen LogP contribution < -0.4 is 10.5 Å². The van der Waals surface area contributed by atoms with Crippen molar-refractivity contribution in [3.63, 3.8) is 0 Å². The zero-order chi connectivity index (χ0) is 14.0. The summed E-state index contributed by atoms with van der Waals surface area (Å²) >= 11 is 5.88. The highest BCUT2D eigenvalue weighted by Crippen LogP contribution is 2.34. The van der Waals surface area contributed by atoms with E-state index >= 15 is 0 Å². The maximum atomic E-state index is 11.3. The van der Waals surface area contributed by atoms with Crippen LogP contribution >= 0.6 is 11.6 Å². The molecule has 0 amide bonds. The van der Waals surface area contributed by atoms with Gasteiger partial charge in [-0.15, -0.1) is 0 Å². The van der Waals surface area contributed by atoms with Crippen LogP contribution in [0, 0.1) is 0 Å². The molecule has 0 bridgehead atoms. The predicted octanol–water partition coefficient (Wildman–Crippen LogP) is 2.69. The van der Waals surface area contributed by atoms with E-state index in [1.165, 1.54) is 19.4 Å². The van der Waals surface area contributed by atoms with Crippen molar-refractivity contribution in [3.05, 3.63) is 41.0 Å². The highest BCUT2D eigenvalue weighted by atomic mass is 35.5. The molecule has 3 N–H and O–H groups in total. The minimum absolute atomic E-state index is 0.0631. The number of nitrogen functional groups attached to an aromatic ring is 1. The first-order chi connectivity index (χ1) is 9.02. The van der Waals surface area contributed by atoms with Gasteiger partial charge in [0.25, 0.3) is 0 Å². The summed E-state index contributed by atoms with van der Waals surface area (Å²) in [6.45, 7) is 0. The predicted molar refractivity (Wildman–Crippen MR) is 72.6 cm³/mol. The summed E-state index contributed by atoms with van der Waals surface area (Å²) < 4.78 is 5.21. The number of aromatic nitrogens is 1. The summed E-state index contributed by atoms with van der Waals surface area (Å²) in [5.74, 6) is -0.461. The van der Waals surface area contributed by atoms with Crippen LogP contribution in [0.25, 0.3) is 11.1 Å². The maximum absolute atomic E-state index is 11.3. The van der Waals surface area contributed by atoms with E-state index in [1.807, 2.05) is 0 Å². The molecule has 0 aliphatic heterocycles. The Hall–Kier alpha value is -2.27. The van der Waals surface area contributed by atoms with Crippen LogP contribution in [-0.4, -0.2) is 23.2 Å². The van der Waals surface area contributed by atoms with E-state index in [-0.39, 0.29) is 11.4 Å². The Labute approximate surface area is 114 Å². The zero-order valence-electron chi connectivity index (χ0n) is 10.1. The van der Waals surface area contributed by atoms with Gasteiger partial charge in [-0.05, 0) is 24.3 Å². The highest BCUT2D eigenvalue weighted by molar-refractivity contribution is 6.30. The molecule has 2 rings (SSSR count). The zero-order valence-corrected chi connectivity index (χ0v) is 10.8. The quantitative estimate of drug-likeness (QED) is 0.901. The number of hydrogen-bond acceptors (Lipinski definition) is 4. The van der Waals surface area contributed by atoms with E-state index in [1.54, 1.807) is 18.2 Å². The minimum atomic E-state index is -1.08. The van der Waals surface area contributed by atoms with Crippen molar-refractivity contribution in [2.45, 2.75) is 0 Å². The molecule has 0 atom stereocenters. The summed E-state index contributed by atoms with van der Waals surface area (Å²) in [6.07, 6.45) is 1.41. The molecule has 0 unspecified atom stereocenters. The van der Waals surface area contributed by atoms with Crippen LogP contribution in [0.5, 0.6) is 5.75 Å². The lowest BCUT2D eigenvalue weighted by atomic mass is 10.0. The number of nitrogens with zero attached hydrogens (tertiary/aromatic N) is 1. The molecule has 0 saturated heterocycles. The van der Waals surface area contributed by atoms with Crippen molar-refractivity contribution >= 4 is 23.4 Å². The summed E-state index contributed by atoms with van der Waals surface area (Å²) in [5, 5.41) is 9.72. The third kappa shape index (κ3) is 2.61. The third-order valence-electron chi connectivity index (χ3n) is 2.61. The second-order valence-corrected chi connectivity index (χ2v) is 4.24. The standard InChI is InChI=1S/C13H11ClN2O3/c1-19-11-4-7(14)2-3-8(11)10-6-16-12(15)5-9(10)13(17)18/h2-6H,1H3,(H2,15,16)(H,17,18). The SMILES string of the molecule is COc1cc(Cl)ccc1-c1cnc(N)cc1C(=O)O. The van der Waals surface area contributed by atoms with E-state index < -0.39 is 5.97 Å². The topological polar surface area (TPSA) is 85.4 Å². The molecular formula is C13H11ClN2O3. The Bertz CT molecular complexity index is 644. The number of benzene rings is 1. The van der Waals surface area contributed by atoms with Crippen LogP contribution in [0.2, 0.25) is 5.02 Å². The van der Waals surface area contributed by atoms with Crippen molar-refractivity contribution in [1.82, 2.24) is 4.98 Å². The Morgan fingerprint density at radius 3 is 2.74 bits per heavy atom. The monoisotopic (exact) mass is 278 g/mol. The Kier molecular flexibility index (Phi) is 3.57. The third-order valence-corrected chi connectivity index (χ3v) is 2.84. The lowest BCUT2D eigenvalue weighted by Crippen LogP contribution is -2.03. The first kappa shape index (κ1) is 13.2. The van der Waals surface area contributed by atoms with Crippen LogP contribution in [-0.2, 0) is 0 Å². The van der Waals surface area contributed by atoms with Gasteiger partial charge >= 0.3 is 5.97 Å². The highest BCUT2D eigenvalue weighted by Gasteiger charge is 2.16. The fourth-order valence-corrected chi connectivity index (χ4v) is 1.91. The van der Waals surface area contributed by atoms with E-state index in [4.69, 9.17) is 22.1 Å². The number of pyridine rings is 1. The molecule has 1 aromatic heterocycles. The average Bonchev–Trinajstić information content (AvgIpc) is 2.38. The number of methoxy groups -OCH3 is 1. The van der Waals surface area contributed by atoms with Crippen molar-refractivity contribution in [1.29, 1.82) is 0 Å². The number of carbonyl (C=O) groups is 1. The molecule has 0 aliphatic carbocycles. The minimum Gasteiger partial charge on any atom is -0.496 e. The normalized spacial score (nSPS) is 10.2. The van der Waals surface area contributed by atoms with Crippen molar-refractivity contribution in [3.8, 4) is 16.9 Å². The van der Waals surface area contributed by atoms with Crippen molar-refractivity contribution < 1.29 is 14.6 Å². The molecule has 6 heteroatoms. The van der Waals surface area contributed by atoms with Gasteiger partial charge in [0.05, 0.1) is 12.7 Å². The smallest absolute Gasteiger partial charge is 0.336 e. The fourth-order valence-electron chi connectivity index (χ4n) is 1.75. The number of carboxylic acid groups (broad SMARTS) is 1. The molecule has 0 radical (unpaired) electrons. The summed E-state index contributed by atoms with van der Waals surface area (Å²) in [4.78, 5) is 15.2. The van der Waals surface area contributed by atoms with Gasteiger partial charge in [0.1, 0.15) is 11.6 Å². The van der Waals surface area contributed by atoms with Gasteiger partial charge in [-0.1, -0.05) is 11.6 Å². The average molecular weight is 279 g/mol. The van der Waals surface area contributed by atoms with Crippen LogP contribution in [0.3, 0.4) is 0 Å². The molecule has 0 spiro atoms. The van der Waals surface area contributed by atoms with Crippen LogP contribution in [0.4, 0.5) is 5.82 Å².